The molecule has 7 heteroatoms. The lowest BCUT2D eigenvalue weighted by molar-refractivity contribution is 0.0700. The van der Waals surface area contributed by atoms with Crippen LogP contribution in [0.3, 0.4) is 0 Å². The van der Waals surface area contributed by atoms with Gasteiger partial charge in [-0.2, -0.15) is 5.10 Å². The molecule has 1 aliphatic rings. The van der Waals surface area contributed by atoms with E-state index in [-0.39, 0.29) is 5.91 Å². The van der Waals surface area contributed by atoms with Gasteiger partial charge in [-0.05, 0) is 18.6 Å². The van der Waals surface area contributed by atoms with E-state index in [0.29, 0.717) is 37.4 Å². The van der Waals surface area contributed by atoms with Crippen LogP contribution in [-0.4, -0.2) is 37.2 Å². The third-order valence-electron chi connectivity index (χ3n) is 4.56. The quantitative estimate of drug-likeness (QED) is 0.768. The summed E-state index contributed by atoms with van der Waals surface area (Å²) in [5.41, 5.74) is 3.17. The van der Waals surface area contributed by atoms with Crippen molar-refractivity contribution in [1.29, 1.82) is 0 Å². The van der Waals surface area contributed by atoms with Gasteiger partial charge in [0.05, 0.1) is 29.5 Å². The summed E-state index contributed by atoms with van der Waals surface area (Å²) < 4.78 is 1.89. The van der Waals surface area contributed by atoms with Crippen molar-refractivity contribution in [2.45, 2.75) is 32.5 Å². The predicted octanol–water partition coefficient (Wildman–Crippen LogP) is 2.58. The van der Waals surface area contributed by atoms with Crippen LogP contribution in [0.5, 0.6) is 0 Å². The lowest BCUT2D eigenvalue weighted by atomic mass is 10.1. The van der Waals surface area contributed by atoms with Crippen molar-refractivity contribution in [3.8, 4) is 0 Å². The summed E-state index contributed by atoms with van der Waals surface area (Å²) in [5.74, 6) is -0.0480. The second-order valence-corrected chi connectivity index (χ2v) is 7.53. The van der Waals surface area contributed by atoms with E-state index in [4.69, 9.17) is 0 Å². The van der Waals surface area contributed by atoms with Gasteiger partial charge in [-0.15, -0.1) is 11.3 Å². The van der Waals surface area contributed by atoms with E-state index in [0.717, 1.165) is 16.3 Å². The molecule has 0 unspecified atom stereocenters. The summed E-state index contributed by atoms with van der Waals surface area (Å²) in [4.78, 5) is 18.7. The molecule has 0 fully saturated rings. The largest absolute Gasteiger partial charge is 0.386 e. The smallest absolute Gasteiger partial charge is 0.273 e. The van der Waals surface area contributed by atoms with Gasteiger partial charge in [-0.3, -0.25) is 9.48 Å². The minimum atomic E-state index is -0.652. The van der Waals surface area contributed by atoms with Gasteiger partial charge in [0.25, 0.3) is 5.91 Å². The lowest BCUT2D eigenvalue weighted by Crippen LogP contribution is -2.38. The van der Waals surface area contributed by atoms with Crippen molar-refractivity contribution in [3.05, 3.63) is 69.4 Å². The molecule has 3 aromatic rings. The van der Waals surface area contributed by atoms with Crippen LogP contribution in [0.4, 0.5) is 0 Å². The number of nitrogens with zero attached hydrogens (tertiary/aromatic N) is 4. The zero-order chi connectivity index (χ0) is 18.1. The number of hydrogen-bond acceptors (Lipinski definition) is 5. The fourth-order valence-corrected chi connectivity index (χ4v) is 3.78. The summed E-state index contributed by atoms with van der Waals surface area (Å²) in [6.45, 7) is 3.61. The third-order valence-corrected chi connectivity index (χ3v) is 5.33. The third kappa shape index (κ3) is 3.40. The molecule has 2 aromatic heterocycles. The van der Waals surface area contributed by atoms with Crippen molar-refractivity contribution in [2.75, 3.05) is 6.54 Å². The van der Waals surface area contributed by atoms with Crippen molar-refractivity contribution in [2.24, 2.45) is 0 Å². The standard InChI is InChI=1S/C19H20N4O2S/c1-13-20-17(12-26-13)19(25)22-7-8-23-15(11-22)10-16(21-23)18(24)9-14-5-3-2-4-6-14/h2-6,10,12,18,24H,7-9,11H2,1H3/t18-/m1/s1. The molecule has 1 amide bonds. The Kier molecular flexibility index (Phi) is 4.57. The summed E-state index contributed by atoms with van der Waals surface area (Å²) in [6.07, 6.45) is -0.126. The maximum Gasteiger partial charge on any atom is 0.273 e. The summed E-state index contributed by atoms with van der Waals surface area (Å²) in [6, 6.07) is 11.8. The second-order valence-electron chi connectivity index (χ2n) is 6.47. The average Bonchev–Trinajstić information content (AvgIpc) is 3.27. The van der Waals surface area contributed by atoms with E-state index in [9.17, 15) is 9.90 Å². The maximum atomic E-state index is 12.6. The number of amides is 1. The first kappa shape index (κ1) is 16.9. The maximum absolute atomic E-state index is 12.6. The first-order valence-electron chi connectivity index (χ1n) is 8.60. The molecule has 0 saturated heterocycles. The molecule has 3 heterocycles. The molecule has 1 atom stereocenters. The van der Waals surface area contributed by atoms with Crippen molar-refractivity contribution in [1.82, 2.24) is 19.7 Å². The molecule has 6 nitrogen and oxygen atoms in total. The second kappa shape index (κ2) is 7.01. The molecule has 26 heavy (non-hydrogen) atoms. The predicted molar refractivity (Wildman–Crippen MR) is 98.9 cm³/mol. The minimum Gasteiger partial charge on any atom is -0.386 e. The van der Waals surface area contributed by atoms with E-state index < -0.39 is 6.10 Å². The van der Waals surface area contributed by atoms with Crippen LogP contribution in [0.15, 0.2) is 41.8 Å². The van der Waals surface area contributed by atoms with E-state index in [1.54, 1.807) is 10.3 Å². The number of aliphatic hydroxyl groups is 1. The molecule has 4 rings (SSSR count). The number of aromatic nitrogens is 3. The van der Waals surface area contributed by atoms with E-state index in [2.05, 4.69) is 10.1 Å². The highest BCUT2D eigenvalue weighted by atomic mass is 32.1. The van der Waals surface area contributed by atoms with Crippen LogP contribution < -0.4 is 0 Å². The van der Waals surface area contributed by atoms with Gasteiger partial charge in [0, 0.05) is 18.3 Å². The fourth-order valence-electron chi connectivity index (χ4n) is 3.19. The van der Waals surface area contributed by atoms with Gasteiger partial charge >= 0.3 is 0 Å². The molecule has 0 aliphatic carbocycles. The highest BCUT2D eigenvalue weighted by Gasteiger charge is 2.26. The van der Waals surface area contributed by atoms with E-state index in [1.165, 1.54) is 11.3 Å². The highest BCUT2D eigenvalue weighted by molar-refractivity contribution is 7.09. The summed E-state index contributed by atoms with van der Waals surface area (Å²) >= 11 is 1.48. The van der Waals surface area contributed by atoms with Gasteiger partial charge in [-0.1, -0.05) is 30.3 Å². The fraction of sp³-hybridized carbons (Fsp3) is 0.316. The van der Waals surface area contributed by atoms with Gasteiger partial charge < -0.3 is 10.0 Å². The lowest BCUT2D eigenvalue weighted by Gasteiger charge is -2.27. The van der Waals surface area contributed by atoms with Crippen molar-refractivity contribution in [3.63, 3.8) is 0 Å². The van der Waals surface area contributed by atoms with Crippen LogP contribution in [-0.2, 0) is 19.5 Å². The highest BCUT2D eigenvalue weighted by Crippen LogP contribution is 2.22. The molecule has 1 aromatic carbocycles. The Morgan fingerprint density at radius 1 is 1.31 bits per heavy atom. The van der Waals surface area contributed by atoms with E-state index >= 15 is 0 Å². The Morgan fingerprint density at radius 2 is 2.12 bits per heavy atom. The van der Waals surface area contributed by atoms with Gasteiger partial charge in [0.2, 0.25) is 0 Å². The zero-order valence-electron chi connectivity index (χ0n) is 14.5. The summed E-state index contributed by atoms with van der Waals surface area (Å²) in [7, 11) is 0. The van der Waals surface area contributed by atoms with Gasteiger partial charge in [0.1, 0.15) is 11.8 Å². The molecule has 1 N–H and O–H groups in total. The number of carbonyl (C=O) groups excluding carboxylic acids is 1. The van der Waals surface area contributed by atoms with Crippen LogP contribution >= 0.6 is 11.3 Å². The van der Waals surface area contributed by atoms with Crippen LogP contribution in [0.1, 0.15) is 38.6 Å². The Morgan fingerprint density at radius 3 is 2.85 bits per heavy atom. The average molecular weight is 368 g/mol. The molecule has 1 aliphatic heterocycles. The molecule has 0 radical (unpaired) electrons. The first-order chi connectivity index (χ1) is 12.6. The molecular formula is C19H20N4O2S. The van der Waals surface area contributed by atoms with Gasteiger partial charge in [-0.25, -0.2) is 4.98 Å². The zero-order valence-corrected chi connectivity index (χ0v) is 15.3. The Balaban J connectivity index is 1.47. The Hall–Kier alpha value is -2.51. The van der Waals surface area contributed by atoms with Crippen LogP contribution in [0.2, 0.25) is 0 Å². The normalized spacial score (nSPS) is 14.9. The Bertz CT molecular complexity index is 919. The number of aryl methyl sites for hydroxylation is 1. The molecule has 0 spiro atoms. The number of hydrogen-bond donors (Lipinski definition) is 1. The topological polar surface area (TPSA) is 71.2 Å². The molecule has 134 valence electrons. The number of benzene rings is 1. The monoisotopic (exact) mass is 368 g/mol. The molecule has 0 saturated carbocycles. The molecule has 0 bridgehead atoms. The number of aliphatic hydroxyl groups excluding tert-OH is 1. The van der Waals surface area contributed by atoms with Crippen molar-refractivity contribution >= 4 is 17.2 Å². The number of fused-ring (bicyclic) bond motifs is 1. The van der Waals surface area contributed by atoms with Crippen LogP contribution in [0.25, 0.3) is 0 Å². The SMILES string of the molecule is Cc1nc(C(=O)N2CCn3nc([C@H](O)Cc4ccccc4)cc3C2)cs1. The first-order valence-corrected chi connectivity index (χ1v) is 9.48. The van der Waals surface area contributed by atoms with Gasteiger partial charge in [0.15, 0.2) is 0 Å². The number of carbonyl (C=O) groups is 1. The molecular weight excluding hydrogens is 348 g/mol. The van der Waals surface area contributed by atoms with Crippen molar-refractivity contribution < 1.29 is 9.90 Å². The van der Waals surface area contributed by atoms with Crippen LogP contribution in [0, 0.1) is 6.92 Å². The van der Waals surface area contributed by atoms with E-state index in [1.807, 2.05) is 48.0 Å². The summed E-state index contributed by atoms with van der Waals surface area (Å²) in [5, 5.41) is 17.7. The number of rotatable bonds is 4. The minimum absolute atomic E-state index is 0.0480. The number of thiazole rings is 1. The Labute approximate surface area is 155 Å².